The van der Waals surface area contributed by atoms with Crippen LogP contribution < -0.4 is 5.32 Å². The van der Waals surface area contributed by atoms with Crippen molar-refractivity contribution in [1.29, 1.82) is 0 Å². The molecule has 0 amide bonds. The second kappa shape index (κ2) is 6.42. The van der Waals surface area contributed by atoms with Gasteiger partial charge in [0.05, 0.1) is 6.20 Å². The average molecular weight is 298 g/mol. The molecule has 1 unspecified atom stereocenters. The van der Waals surface area contributed by atoms with Gasteiger partial charge in [-0.2, -0.15) is 5.10 Å². The van der Waals surface area contributed by atoms with E-state index in [0.29, 0.717) is 5.92 Å². The first kappa shape index (κ1) is 14.4. The third kappa shape index (κ3) is 3.11. The largest absolute Gasteiger partial charge is 0.316 e. The van der Waals surface area contributed by atoms with E-state index < -0.39 is 0 Å². The number of rotatable bonds is 2. The van der Waals surface area contributed by atoms with Crippen LogP contribution in [0.4, 0.5) is 0 Å². The van der Waals surface area contributed by atoms with Crippen molar-refractivity contribution in [3.8, 4) is 11.1 Å². The average Bonchev–Trinajstić information content (AvgIpc) is 2.90. The molecule has 3 nitrogen and oxygen atoms in total. The number of nitrogens with one attached hydrogen (secondary N) is 2. The maximum Gasteiger partial charge on any atom is 0.0568 e. The smallest absolute Gasteiger partial charge is 0.0568 e. The molecule has 0 saturated carbocycles. The van der Waals surface area contributed by atoms with Crippen LogP contribution in [-0.2, 0) is 0 Å². The Balaban J connectivity index is 0.00000133. The van der Waals surface area contributed by atoms with E-state index in [4.69, 9.17) is 11.6 Å². The summed E-state index contributed by atoms with van der Waals surface area (Å²) < 4.78 is 0. The van der Waals surface area contributed by atoms with Crippen LogP contribution in [0.2, 0.25) is 5.02 Å². The van der Waals surface area contributed by atoms with Crippen molar-refractivity contribution < 1.29 is 0 Å². The quantitative estimate of drug-likeness (QED) is 0.889. The summed E-state index contributed by atoms with van der Waals surface area (Å²) in [5, 5.41) is 11.6. The van der Waals surface area contributed by atoms with Crippen LogP contribution in [0.1, 0.15) is 24.5 Å². The lowest BCUT2D eigenvalue weighted by Gasteiger charge is -2.22. The number of halogens is 2. The first-order chi connectivity index (χ1) is 8.84. The van der Waals surface area contributed by atoms with Crippen LogP contribution in [0.25, 0.3) is 11.1 Å². The van der Waals surface area contributed by atoms with Crippen LogP contribution in [0, 0.1) is 0 Å². The molecule has 0 radical (unpaired) electrons. The van der Waals surface area contributed by atoms with E-state index in [2.05, 4.69) is 15.5 Å². The number of benzene rings is 1. The van der Waals surface area contributed by atoms with Crippen molar-refractivity contribution in [3.63, 3.8) is 0 Å². The number of piperidine rings is 1. The van der Waals surface area contributed by atoms with E-state index in [0.717, 1.165) is 18.1 Å². The zero-order valence-electron chi connectivity index (χ0n) is 10.5. The van der Waals surface area contributed by atoms with Crippen LogP contribution in [0.5, 0.6) is 0 Å². The number of hydrogen-bond donors (Lipinski definition) is 2. The molecule has 1 aromatic heterocycles. The molecule has 1 aromatic carbocycles. The molecule has 2 aromatic rings. The van der Waals surface area contributed by atoms with Gasteiger partial charge >= 0.3 is 0 Å². The standard InChI is InChI=1S/C14H16ClN3.ClH/c15-12-5-3-10(4-6-12)13-9-17-18-14(13)11-2-1-7-16-8-11;/h3-6,9,11,16H,1-2,7-8H2,(H,17,18);1H. The van der Waals surface area contributed by atoms with Crippen molar-refractivity contribution >= 4 is 24.0 Å². The Morgan fingerprint density at radius 3 is 2.68 bits per heavy atom. The molecule has 3 rings (SSSR count). The van der Waals surface area contributed by atoms with E-state index in [1.165, 1.54) is 29.7 Å². The molecule has 0 spiro atoms. The number of aromatic amines is 1. The zero-order chi connectivity index (χ0) is 12.4. The molecule has 0 bridgehead atoms. The molecule has 1 aliphatic heterocycles. The summed E-state index contributed by atoms with van der Waals surface area (Å²) in [6.45, 7) is 2.16. The van der Waals surface area contributed by atoms with Gasteiger partial charge in [0.2, 0.25) is 0 Å². The first-order valence-corrected chi connectivity index (χ1v) is 6.72. The number of hydrogen-bond acceptors (Lipinski definition) is 2. The summed E-state index contributed by atoms with van der Waals surface area (Å²) >= 11 is 5.93. The van der Waals surface area contributed by atoms with Crippen molar-refractivity contribution in [1.82, 2.24) is 15.5 Å². The molecule has 19 heavy (non-hydrogen) atoms. The van der Waals surface area contributed by atoms with E-state index in [1.807, 2.05) is 30.5 Å². The molecular formula is C14H17Cl2N3. The highest BCUT2D eigenvalue weighted by Crippen LogP contribution is 2.31. The second-order valence-corrected chi connectivity index (χ2v) is 5.18. The predicted octanol–water partition coefficient (Wildman–Crippen LogP) is 3.62. The zero-order valence-corrected chi connectivity index (χ0v) is 12.1. The molecule has 1 aliphatic rings. The Morgan fingerprint density at radius 2 is 2.00 bits per heavy atom. The van der Waals surface area contributed by atoms with Crippen LogP contribution in [0.15, 0.2) is 30.5 Å². The fourth-order valence-corrected chi connectivity index (χ4v) is 2.69. The maximum atomic E-state index is 5.93. The fourth-order valence-electron chi connectivity index (χ4n) is 2.57. The van der Waals surface area contributed by atoms with Gasteiger partial charge in [-0.3, -0.25) is 5.10 Å². The van der Waals surface area contributed by atoms with Gasteiger partial charge in [0.1, 0.15) is 0 Å². The van der Waals surface area contributed by atoms with Crippen LogP contribution in [-0.4, -0.2) is 23.3 Å². The molecule has 2 heterocycles. The maximum absolute atomic E-state index is 5.93. The highest BCUT2D eigenvalue weighted by Gasteiger charge is 2.20. The van der Waals surface area contributed by atoms with Crippen molar-refractivity contribution in [3.05, 3.63) is 41.2 Å². The molecule has 2 N–H and O–H groups in total. The third-order valence-corrected chi connectivity index (χ3v) is 3.78. The normalized spacial score (nSPS) is 18.9. The minimum atomic E-state index is 0. The number of H-pyrrole nitrogens is 1. The monoisotopic (exact) mass is 297 g/mol. The van der Waals surface area contributed by atoms with Gasteiger partial charge in [-0.15, -0.1) is 12.4 Å². The molecular weight excluding hydrogens is 281 g/mol. The lowest BCUT2D eigenvalue weighted by atomic mass is 9.91. The topological polar surface area (TPSA) is 40.7 Å². The van der Waals surface area contributed by atoms with Crippen molar-refractivity contribution in [2.75, 3.05) is 13.1 Å². The van der Waals surface area contributed by atoms with Crippen LogP contribution in [0.3, 0.4) is 0 Å². The van der Waals surface area contributed by atoms with E-state index >= 15 is 0 Å². The van der Waals surface area contributed by atoms with Gasteiger partial charge in [-0.25, -0.2) is 0 Å². The number of nitrogens with zero attached hydrogens (tertiary/aromatic N) is 1. The summed E-state index contributed by atoms with van der Waals surface area (Å²) in [5.74, 6) is 0.534. The fraction of sp³-hybridized carbons (Fsp3) is 0.357. The Bertz CT molecular complexity index is 516. The molecule has 1 saturated heterocycles. The molecule has 1 atom stereocenters. The summed E-state index contributed by atoms with van der Waals surface area (Å²) in [6, 6.07) is 7.94. The molecule has 1 fully saturated rings. The molecule has 102 valence electrons. The lowest BCUT2D eigenvalue weighted by molar-refractivity contribution is 0.455. The van der Waals surface area contributed by atoms with Crippen molar-refractivity contribution in [2.45, 2.75) is 18.8 Å². The minimum absolute atomic E-state index is 0. The predicted molar refractivity (Wildman–Crippen MR) is 81.1 cm³/mol. The van der Waals surface area contributed by atoms with Crippen LogP contribution >= 0.6 is 24.0 Å². The van der Waals surface area contributed by atoms with E-state index in [9.17, 15) is 0 Å². The highest BCUT2D eigenvalue weighted by atomic mass is 35.5. The Morgan fingerprint density at radius 1 is 1.21 bits per heavy atom. The van der Waals surface area contributed by atoms with Gasteiger partial charge in [-0.05, 0) is 37.1 Å². The Kier molecular flexibility index (Phi) is 4.86. The third-order valence-electron chi connectivity index (χ3n) is 3.53. The first-order valence-electron chi connectivity index (χ1n) is 6.34. The summed E-state index contributed by atoms with van der Waals surface area (Å²) in [7, 11) is 0. The van der Waals surface area contributed by atoms with E-state index in [-0.39, 0.29) is 12.4 Å². The van der Waals surface area contributed by atoms with Gasteiger partial charge in [0.15, 0.2) is 0 Å². The van der Waals surface area contributed by atoms with Gasteiger partial charge in [0, 0.05) is 28.7 Å². The summed E-state index contributed by atoms with van der Waals surface area (Å²) in [6.07, 6.45) is 4.35. The Labute approximate surface area is 124 Å². The molecule has 5 heteroatoms. The highest BCUT2D eigenvalue weighted by molar-refractivity contribution is 6.30. The van der Waals surface area contributed by atoms with Gasteiger partial charge in [-0.1, -0.05) is 23.7 Å². The lowest BCUT2D eigenvalue weighted by Crippen LogP contribution is -2.28. The van der Waals surface area contributed by atoms with Gasteiger partial charge in [0.25, 0.3) is 0 Å². The minimum Gasteiger partial charge on any atom is -0.316 e. The SMILES string of the molecule is Cl.Clc1ccc(-c2cn[nH]c2C2CCCNC2)cc1. The summed E-state index contributed by atoms with van der Waals surface area (Å²) in [5.41, 5.74) is 3.61. The second-order valence-electron chi connectivity index (χ2n) is 4.75. The van der Waals surface area contributed by atoms with E-state index in [1.54, 1.807) is 0 Å². The molecule has 0 aliphatic carbocycles. The Hall–Kier alpha value is -1.03. The van der Waals surface area contributed by atoms with Crippen molar-refractivity contribution in [2.24, 2.45) is 0 Å². The van der Waals surface area contributed by atoms with Gasteiger partial charge < -0.3 is 5.32 Å². The number of aromatic nitrogens is 2. The summed E-state index contributed by atoms with van der Waals surface area (Å²) in [4.78, 5) is 0.